The fraction of sp³-hybridized carbons (Fsp3) is 0.385. The summed E-state index contributed by atoms with van der Waals surface area (Å²) >= 11 is 0. The molecule has 1 saturated carbocycles. The smallest absolute Gasteiger partial charge is 0.262 e. The summed E-state index contributed by atoms with van der Waals surface area (Å²) in [6, 6.07) is 17.5. The normalized spacial score (nSPS) is 18.7. The van der Waals surface area contributed by atoms with Crippen LogP contribution in [0.5, 0.6) is 11.5 Å². The summed E-state index contributed by atoms with van der Waals surface area (Å²) in [5.41, 5.74) is 1.88. The van der Waals surface area contributed by atoms with Gasteiger partial charge in [-0.15, -0.1) is 0 Å². The molecule has 1 aliphatic carbocycles. The molecule has 162 valence electrons. The van der Waals surface area contributed by atoms with Gasteiger partial charge in [0, 0.05) is 6.04 Å². The molecule has 0 bridgehead atoms. The topological polar surface area (TPSA) is 71.3 Å². The standard InChI is InChI=1S/C26H30N2O3/c1-3-30-25-16-21(13-14-24(25)31-18-20-10-5-4-6-11-20)15-22(17-27)26(29)28-23-12-8-7-9-19(23)2/h4-6,10-11,13-16,19,23H,3,7-9,12,18H2,1-2H3,(H,28,29)/b22-15+/t19-,23+/m1/s1. The van der Waals surface area contributed by atoms with Crippen LogP contribution in [-0.2, 0) is 11.4 Å². The monoisotopic (exact) mass is 418 g/mol. The molecule has 3 rings (SSSR count). The summed E-state index contributed by atoms with van der Waals surface area (Å²) in [6.45, 7) is 4.98. The molecule has 2 aromatic rings. The van der Waals surface area contributed by atoms with Crippen molar-refractivity contribution >= 4 is 12.0 Å². The largest absolute Gasteiger partial charge is 0.490 e. The van der Waals surface area contributed by atoms with E-state index in [-0.39, 0.29) is 17.5 Å². The van der Waals surface area contributed by atoms with E-state index in [1.165, 1.54) is 6.42 Å². The van der Waals surface area contributed by atoms with Gasteiger partial charge in [-0.25, -0.2) is 0 Å². The Morgan fingerprint density at radius 2 is 1.90 bits per heavy atom. The van der Waals surface area contributed by atoms with Crippen molar-refractivity contribution in [3.63, 3.8) is 0 Å². The minimum atomic E-state index is -0.316. The minimum absolute atomic E-state index is 0.0955. The van der Waals surface area contributed by atoms with Crippen molar-refractivity contribution < 1.29 is 14.3 Å². The van der Waals surface area contributed by atoms with Gasteiger partial charge in [-0.1, -0.05) is 56.2 Å². The lowest BCUT2D eigenvalue weighted by atomic mass is 9.86. The van der Waals surface area contributed by atoms with Crippen molar-refractivity contribution in [1.82, 2.24) is 5.32 Å². The molecular formula is C26H30N2O3. The molecule has 0 aliphatic heterocycles. The van der Waals surface area contributed by atoms with Crippen molar-refractivity contribution in [2.45, 2.75) is 52.2 Å². The maximum Gasteiger partial charge on any atom is 0.262 e. The Hall–Kier alpha value is -3.26. The number of amides is 1. The SMILES string of the molecule is CCOc1cc(/C=C(\C#N)C(=O)N[C@H]2CCCC[C@H]2C)ccc1OCc1ccccc1. The molecule has 2 aromatic carbocycles. The maximum atomic E-state index is 12.7. The van der Waals surface area contributed by atoms with E-state index in [0.717, 1.165) is 30.4 Å². The average Bonchev–Trinajstić information content (AvgIpc) is 2.79. The Labute approximate surface area is 184 Å². The second-order valence-electron chi connectivity index (χ2n) is 7.92. The second kappa shape index (κ2) is 11.2. The van der Waals surface area contributed by atoms with E-state index >= 15 is 0 Å². The predicted molar refractivity (Wildman–Crippen MR) is 122 cm³/mol. The van der Waals surface area contributed by atoms with Gasteiger partial charge in [0.15, 0.2) is 11.5 Å². The highest BCUT2D eigenvalue weighted by Crippen LogP contribution is 2.30. The molecule has 1 amide bonds. The molecule has 0 aromatic heterocycles. The summed E-state index contributed by atoms with van der Waals surface area (Å²) < 4.78 is 11.7. The lowest BCUT2D eigenvalue weighted by molar-refractivity contribution is -0.118. The predicted octanol–water partition coefficient (Wildman–Crippen LogP) is 5.27. The Kier molecular flexibility index (Phi) is 8.12. The quantitative estimate of drug-likeness (QED) is 0.468. The van der Waals surface area contributed by atoms with Crippen molar-refractivity contribution in [2.24, 2.45) is 5.92 Å². The molecule has 5 nitrogen and oxygen atoms in total. The Morgan fingerprint density at radius 1 is 1.13 bits per heavy atom. The van der Waals surface area contributed by atoms with E-state index < -0.39 is 0 Å². The molecule has 0 heterocycles. The molecule has 0 spiro atoms. The van der Waals surface area contributed by atoms with Gasteiger partial charge >= 0.3 is 0 Å². The summed E-state index contributed by atoms with van der Waals surface area (Å²) in [5.74, 6) is 1.33. The van der Waals surface area contributed by atoms with Crippen LogP contribution in [0.15, 0.2) is 54.1 Å². The molecule has 0 radical (unpaired) electrons. The Bertz CT molecular complexity index is 947. The highest BCUT2D eigenvalue weighted by atomic mass is 16.5. The molecule has 1 N–H and O–H groups in total. The zero-order chi connectivity index (χ0) is 22.1. The highest BCUT2D eigenvalue weighted by molar-refractivity contribution is 6.01. The third-order valence-corrected chi connectivity index (χ3v) is 5.61. The van der Waals surface area contributed by atoms with E-state index in [0.29, 0.717) is 30.6 Å². The lowest BCUT2D eigenvalue weighted by Crippen LogP contribution is -2.41. The summed E-state index contributed by atoms with van der Waals surface area (Å²) in [7, 11) is 0. The third-order valence-electron chi connectivity index (χ3n) is 5.61. The van der Waals surface area contributed by atoms with E-state index in [2.05, 4.69) is 12.2 Å². The Morgan fingerprint density at radius 3 is 2.61 bits per heavy atom. The number of hydrogen-bond donors (Lipinski definition) is 1. The minimum Gasteiger partial charge on any atom is -0.490 e. The first-order valence-electron chi connectivity index (χ1n) is 11.0. The van der Waals surface area contributed by atoms with Crippen LogP contribution in [0.4, 0.5) is 0 Å². The summed E-state index contributed by atoms with van der Waals surface area (Å²) in [4.78, 5) is 12.7. The number of nitriles is 1. The van der Waals surface area contributed by atoms with Crippen LogP contribution in [0.2, 0.25) is 0 Å². The fourth-order valence-electron chi connectivity index (χ4n) is 3.83. The number of hydrogen-bond acceptors (Lipinski definition) is 4. The number of carbonyl (C=O) groups is 1. The second-order valence-corrected chi connectivity index (χ2v) is 7.92. The van der Waals surface area contributed by atoms with Crippen molar-refractivity contribution in [1.29, 1.82) is 5.26 Å². The van der Waals surface area contributed by atoms with Gasteiger partial charge in [0.1, 0.15) is 18.2 Å². The van der Waals surface area contributed by atoms with Gasteiger partial charge < -0.3 is 14.8 Å². The van der Waals surface area contributed by atoms with Crippen LogP contribution in [0.3, 0.4) is 0 Å². The van der Waals surface area contributed by atoms with Gasteiger partial charge in [0.2, 0.25) is 0 Å². The first-order valence-corrected chi connectivity index (χ1v) is 11.0. The number of ether oxygens (including phenoxy) is 2. The van der Waals surface area contributed by atoms with Gasteiger partial charge in [-0.05, 0) is 55.0 Å². The van der Waals surface area contributed by atoms with Crippen molar-refractivity contribution in [3.05, 3.63) is 65.2 Å². The molecule has 1 fully saturated rings. The lowest BCUT2D eigenvalue weighted by Gasteiger charge is -2.29. The molecule has 0 saturated heterocycles. The first-order chi connectivity index (χ1) is 15.1. The van der Waals surface area contributed by atoms with E-state index in [4.69, 9.17) is 9.47 Å². The van der Waals surface area contributed by atoms with Gasteiger partial charge in [-0.3, -0.25) is 4.79 Å². The highest BCUT2D eigenvalue weighted by Gasteiger charge is 2.24. The number of nitrogens with one attached hydrogen (secondary N) is 1. The van der Waals surface area contributed by atoms with Gasteiger partial charge in [-0.2, -0.15) is 5.26 Å². The zero-order valence-electron chi connectivity index (χ0n) is 18.3. The number of benzene rings is 2. The fourth-order valence-corrected chi connectivity index (χ4v) is 3.83. The number of rotatable bonds is 8. The molecular weight excluding hydrogens is 388 g/mol. The third kappa shape index (κ3) is 6.36. The van der Waals surface area contributed by atoms with Crippen LogP contribution in [0, 0.1) is 17.2 Å². The van der Waals surface area contributed by atoms with E-state index in [1.54, 1.807) is 12.1 Å². The molecule has 0 unspecified atom stereocenters. The molecule has 31 heavy (non-hydrogen) atoms. The molecule has 2 atom stereocenters. The van der Waals surface area contributed by atoms with Crippen LogP contribution in [-0.4, -0.2) is 18.6 Å². The van der Waals surface area contributed by atoms with Gasteiger partial charge in [0.25, 0.3) is 5.91 Å². The number of nitrogens with zero attached hydrogens (tertiary/aromatic N) is 1. The van der Waals surface area contributed by atoms with Crippen LogP contribution in [0.25, 0.3) is 6.08 Å². The van der Waals surface area contributed by atoms with Crippen molar-refractivity contribution in [2.75, 3.05) is 6.61 Å². The van der Waals surface area contributed by atoms with E-state index in [9.17, 15) is 10.1 Å². The van der Waals surface area contributed by atoms with Crippen LogP contribution < -0.4 is 14.8 Å². The molecule has 5 heteroatoms. The summed E-state index contributed by atoms with van der Waals surface area (Å²) in [5, 5.41) is 12.6. The zero-order valence-corrected chi connectivity index (χ0v) is 18.3. The number of carbonyl (C=O) groups excluding carboxylic acids is 1. The van der Waals surface area contributed by atoms with Crippen molar-refractivity contribution in [3.8, 4) is 17.6 Å². The maximum absolute atomic E-state index is 12.7. The van der Waals surface area contributed by atoms with E-state index in [1.807, 2.05) is 55.5 Å². The van der Waals surface area contributed by atoms with Gasteiger partial charge in [0.05, 0.1) is 6.61 Å². The average molecular weight is 419 g/mol. The Balaban J connectivity index is 1.73. The van der Waals surface area contributed by atoms with Crippen LogP contribution in [0.1, 0.15) is 50.7 Å². The first kappa shape index (κ1) is 22.4. The van der Waals surface area contributed by atoms with Crippen LogP contribution >= 0.6 is 0 Å². The summed E-state index contributed by atoms with van der Waals surface area (Å²) in [6.07, 6.45) is 6.00. The molecule has 1 aliphatic rings.